The molecule has 3 aromatic rings. The first-order chi connectivity index (χ1) is 15.9. The smallest absolute Gasteiger partial charge is 0.206 e. The Labute approximate surface area is 195 Å². The van der Waals surface area contributed by atoms with Crippen LogP contribution in [0.4, 0.5) is 11.5 Å². The van der Waals surface area contributed by atoms with Crippen molar-refractivity contribution >= 4 is 28.7 Å². The van der Waals surface area contributed by atoms with E-state index >= 15 is 0 Å². The molecular weight excluding hydrogens is 406 g/mol. The number of aromatic nitrogens is 1. The van der Waals surface area contributed by atoms with Gasteiger partial charge in [0.15, 0.2) is 0 Å². The van der Waals surface area contributed by atoms with Crippen LogP contribution in [-0.2, 0) is 19.6 Å². The van der Waals surface area contributed by atoms with Crippen LogP contribution in [0.25, 0.3) is 11.3 Å². The molecule has 0 unspecified atom stereocenters. The summed E-state index contributed by atoms with van der Waals surface area (Å²) >= 11 is 0. The Morgan fingerprint density at radius 2 is 1.82 bits per heavy atom. The number of aliphatic imine (C=N–C) groups is 1. The molecule has 0 saturated heterocycles. The fourth-order valence-corrected chi connectivity index (χ4v) is 4.55. The summed E-state index contributed by atoms with van der Waals surface area (Å²) in [6, 6.07) is 17.0. The van der Waals surface area contributed by atoms with Gasteiger partial charge in [0.05, 0.1) is 5.69 Å². The van der Waals surface area contributed by atoms with Gasteiger partial charge in [-0.1, -0.05) is 55.6 Å². The number of hydrogen-bond donors (Lipinski definition) is 1. The highest BCUT2D eigenvalue weighted by Gasteiger charge is 2.29. The third kappa shape index (κ3) is 3.80. The van der Waals surface area contributed by atoms with Gasteiger partial charge in [-0.25, -0.2) is 9.98 Å². The SMILES string of the molecule is C=C(C)c1cc(C)cnc1NCc1cccc2c1N=C(N1Cc3ccccc3C1)N(C)C2=C. The molecule has 5 nitrogen and oxygen atoms in total. The summed E-state index contributed by atoms with van der Waals surface area (Å²) in [7, 11) is 2.05. The molecule has 0 bridgehead atoms. The van der Waals surface area contributed by atoms with Gasteiger partial charge >= 0.3 is 0 Å². The van der Waals surface area contributed by atoms with Crippen molar-refractivity contribution in [1.29, 1.82) is 0 Å². The van der Waals surface area contributed by atoms with Crippen molar-refractivity contribution in [3.8, 4) is 0 Å². The van der Waals surface area contributed by atoms with E-state index in [0.29, 0.717) is 6.54 Å². The molecule has 0 radical (unpaired) electrons. The molecule has 2 aliphatic rings. The molecule has 33 heavy (non-hydrogen) atoms. The summed E-state index contributed by atoms with van der Waals surface area (Å²) in [5, 5.41) is 3.51. The molecule has 166 valence electrons. The van der Waals surface area contributed by atoms with Gasteiger partial charge in [0.2, 0.25) is 5.96 Å². The van der Waals surface area contributed by atoms with Crippen molar-refractivity contribution in [1.82, 2.24) is 14.8 Å². The van der Waals surface area contributed by atoms with Crippen molar-refractivity contribution in [3.05, 3.63) is 101 Å². The van der Waals surface area contributed by atoms with Gasteiger partial charge in [-0.3, -0.25) is 0 Å². The normalized spacial score (nSPS) is 14.6. The number of nitrogens with zero attached hydrogens (tertiary/aromatic N) is 4. The molecule has 5 rings (SSSR count). The summed E-state index contributed by atoms with van der Waals surface area (Å²) in [6.45, 7) is 14.9. The molecule has 2 aliphatic heterocycles. The number of guanidine groups is 1. The number of allylic oxidation sites excluding steroid dienone is 1. The molecule has 3 heterocycles. The highest BCUT2D eigenvalue weighted by Crippen LogP contribution is 2.38. The summed E-state index contributed by atoms with van der Waals surface area (Å²) < 4.78 is 0. The van der Waals surface area contributed by atoms with E-state index < -0.39 is 0 Å². The molecule has 0 atom stereocenters. The van der Waals surface area contributed by atoms with Gasteiger partial charge in [0, 0.05) is 49.7 Å². The first-order valence-corrected chi connectivity index (χ1v) is 11.2. The van der Waals surface area contributed by atoms with Crippen molar-refractivity contribution in [2.24, 2.45) is 4.99 Å². The van der Waals surface area contributed by atoms with E-state index in [1.54, 1.807) is 0 Å². The number of aryl methyl sites for hydroxylation is 1. The molecule has 0 fully saturated rings. The van der Waals surface area contributed by atoms with Gasteiger partial charge < -0.3 is 15.1 Å². The van der Waals surface area contributed by atoms with Crippen LogP contribution < -0.4 is 5.32 Å². The Balaban J connectivity index is 1.47. The number of fused-ring (bicyclic) bond motifs is 2. The first-order valence-electron chi connectivity index (χ1n) is 11.2. The fraction of sp³-hybridized carbons (Fsp3) is 0.214. The highest BCUT2D eigenvalue weighted by atomic mass is 15.4. The topological polar surface area (TPSA) is 43.8 Å². The standard InChI is InChI=1S/C28H29N5/c1-18(2)25-13-19(3)14-29-27(25)30-15-21-11-8-12-24-20(4)32(5)28(31-26(21)24)33-16-22-9-6-7-10-23(22)17-33/h6-14H,1,4,15-17H2,2-3,5H3,(H,29,30). The summed E-state index contributed by atoms with van der Waals surface area (Å²) in [5.41, 5.74) is 9.99. The third-order valence-corrected chi connectivity index (χ3v) is 6.40. The average molecular weight is 436 g/mol. The van der Waals surface area contributed by atoms with Gasteiger partial charge in [-0.05, 0) is 47.7 Å². The van der Waals surface area contributed by atoms with E-state index in [4.69, 9.17) is 4.99 Å². The fourth-order valence-electron chi connectivity index (χ4n) is 4.55. The van der Waals surface area contributed by atoms with Crippen molar-refractivity contribution < 1.29 is 0 Å². The predicted molar refractivity (Wildman–Crippen MR) is 137 cm³/mol. The number of hydrogen-bond acceptors (Lipinski definition) is 5. The number of benzene rings is 2. The van der Waals surface area contributed by atoms with Crippen molar-refractivity contribution in [3.63, 3.8) is 0 Å². The Kier molecular flexibility index (Phi) is 5.25. The maximum Gasteiger partial charge on any atom is 0.206 e. The zero-order valence-electron chi connectivity index (χ0n) is 19.5. The third-order valence-electron chi connectivity index (χ3n) is 6.40. The molecule has 5 heteroatoms. The molecule has 2 aromatic carbocycles. The molecule has 1 N–H and O–H groups in total. The Morgan fingerprint density at radius 3 is 2.52 bits per heavy atom. The van der Waals surface area contributed by atoms with E-state index in [1.165, 1.54) is 11.1 Å². The van der Waals surface area contributed by atoms with Crippen LogP contribution in [0.1, 0.15) is 40.3 Å². The minimum absolute atomic E-state index is 0.619. The van der Waals surface area contributed by atoms with Gasteiger partial charge in [-0.15, -0.1) is 0 Å². The van der Waals surface area contributed by atoms with Crippen LogP contribution in [0.15, 0.2) is 72.9 Å². The zero-order valence-corrected chi connectivity index (χ0v) is 19.5. The van der Waals surface area contributed by atoms with Crippen LogP contribution in [0.2, 0.25) is 0 Å². The summed E-state index contributed by atoms with van der Waals surface area (Å²) in [6.07, 6.45) is 1.88. The quantitative estimate of drug-likeness (QED) is 0.550. The minimum atomic E-state index is 0.619. The van der Waals surface area contributed by atoms with Crippen LogP contribution in [0.5, 0.6) is 0 Å². The monoisotopic (exact) mass is 435 g/mol. The van der Waals surface area contributed by atoms with E-state index in [9.17, 15) is 0 Å². The molecule has 0 aliphatic carbocycles. The van der Waals surface area contributed by atoms with Crippen LogP contribution >= 0.6 is 0 Å². The first kappa shape index (κ1) is 21.0. The highest BCUT2D eigenvalue weighted by molar-refractivity contribution is 5.97. The van der Waals surface area contributed by atoms with Gasteiger partial charge in [0.1, 0.15) is 5.82 Å². The lowest BCUT2D eigenvalue weighted by molar-refractivity contribution is 0.397. The van der Waals surface area contributed by atoms with E-state index in [2.05, 4.69) is 81.8 Å². The number of rotatable bonds is 4. The molecule has 0 spiro atoms. The van der Waals surface area contributed by atoms with E-state index in [1.807, 2.05) is 27.1 Å². The van der Waals surface area contributed by atoms with Crippen LogP contribution in [0, 0.1) is 6.92 Å². The zero-order chi connectivity index (χ0) is 23.1. The maximum atomic E-state index is 5.16. The number of nitrogens with one attached hydrogen (secondary N) is 1. The van der Waals surface area contributed by atoms with E-state index in [0.717, 1.165) is 64.1 Å². The predicted octanol–water partition coefficient (Wildman–Crippen LogP) is 5.95. The van der Waals surface area contributed by atoms with Crippen LogP contribution in [0.3, 0.4) is 0 Å². The van der Waals surface area contributed by atoms with Gasteiger partial charge in [0.25, 0.3) is 0 Å². The Bertz CT molecular complexity index is 1280. The number of para-hydroxylation sites is 1. The summed E-state index contributed by atoms with van der Waals surface area (Å²) in [5.74, 6) is 1.78. The lowest BCUT2D eigenvalue weighted by atomic mass is 10.0. The minimum Gasteiger partial charge on any atom is -0.365 e. The van der Waals surface area contributed by atoms with Crippen molar-refractivity contribution in [2.75, 3.05) is 12.4 Å². The van der Waals surface area contributed by atoms with Gasteiger partial charge in [-0.2, -0.15) is 0 Å². The lowest BCUT2D eigenvalue weighted by Crippen LogP contribution is -2.40. The van der Waals surface area contributed by atoms with Crippen molar-refractivity contribution in [2.45, 2.75) is 33.5 Å². The Hall–Kier alpha value is -3.86. The number of anilines is 1. The molecule has 0 amide bonds. The maximum absolute atomic E-state index is 5.16. The summed E-state index contributed by atoms with van der Waals surface area (Å²) in [4.78, 5) is 14.2. The second-order valence-corrected chi connectivity index (χ2v) is 8.90. The largest absolute Gasteiger partial charge is 0.365 e. The second-order valence-electron chi connectivity index (χ2n) is 8.90. The lowest BCUT2D eigenvalue weighted by Gasteiger charge is -2.34. The number of pyridine rings is 1. The molecule has 0 saturated carbocycles. The Morgan fingerprint density at radius 1 is 1.09 bits per heavy atom. The molecular formula is C28H29N5. The second kappa shape index (κ2) is 8.24. The van der Waals surface area contributed by atoms with E-state index in [-0.39, 0.29) is 0 Å². The average Bonchev–Trinajstić information content (AvgIpc) is 3.24. The van der Waals surface area contributed by atoms with Crippen LogP contribution in [-0.4, -0.2) is 27.8 Å². The molecule has 1 aromatic heterocycles.